The molecule has 1 atom stereocenters. The van der Waals surface area contributed by atoms with Crippen molar-refractivity contribution in [3.05, 3.63) is 65.7 Å². The van der Waals surface area contributed by atoms with Gasteiger partial charge in [-0.2, -0.15) is 0 Å². The average molecular weight is 271 g/mol. The van der Waals surface area contributed by atoms with Gasteiger partial charge in [-0.15, -0.1) is 0 Å². The Balaban J connectivity index is 2.34. The molecule has 1 unspecified atom stereocenters. The van der Waals surface area contributed by atoms with Crippen molar-refractivity contribution in [3.63, 3.8) is 0 Å². The van der Waals surface area contributed by atoms with Crippen LogP contribution in [-0.2, 0) is 4.79 Å². The van der Waals surface area contributed by atoms with E-state index in [1.807, 2.05) is 0 Å². The molecule has 0 aliphatic carbocycles. The third-order valence-corrected chi connectivity index (χ3v) is 3.05. The van der Waals surface area contributed by atoms with Gasteiger partial charge in [0.25, 0.3) is 0 Å². The Morgan fingerprint density at radius 1 is 1.10 bits per heavy atom. The molecular formula is C16H14FNO2. The lowest BCUT2D eigenvalue weighted by Crippen LogP contribution is -2.16. The Hall–Kier alpha value is -2.36. The second-order valence-corrected chi connectivity index (χ2v) is 4.61. The van der Waals surface area contributed by atoms with Gasteiger partial charge in [0.2, 0.25) is 0 Å². The number of hydrogen-bond donors (Lipinski definition) is 0. The first-order valence-corrected chi connectivity index (χ1v) is 6.27. The largest absolute Gasteiger partial charge is 0.300 e. The van der Waals surface area contributed by atoms with Crippen LogP contribution in [0.3, 0.4) is 0 Å². The Morgan fingerprint density at radius 3 is 2.25 bits per heavy atom. The van der Waals surface area contributed by atoms with Crippen molar-refractivity contribution >= 4 is 11.6 Å². The van der Waals surface area contributed by atoms with Crippen molar-refractivity contribution in [2.24, 2.45) is 0 Å². The quantitative estimate of drug-likeness (QED) is 0.785. The van der Waals surface area contributed by atoms with E-state index in [1.165, 1.54) is 31.2 Å². The number of carbonyl (C=O) groups excluding carboxylic acids is 2. The summed E-state index contributed by atoms with van der Waals surface area (Å²) in [5.41, 5.74) is 1.14. The van der Waals surface area contributed by atoms with Crippen molar-refractivity contribution in [3.8, 4) is 0 Å². The first-order valence-electron chi connectivity index (χ1n) is 6.27. The van der Waals surface area contributed by atoms with Crippen LogP contribution in [0, 0.1) is 5.82 Å². The molecule has 0 radical (unpaired) electrons. The third kappa shape index (κ3) is 3.35. The summed E-state index contributed by atoms with van der Waals surface area (Å²) in [4.78, 5) is 27.8. The molecule has 0 aliphatic rings. The fourth-order valence-electron chi connectivity index (χ4n) is 2.06. The summed E-state index contributed by atoms with van der Waals surface area (Å²) in [6.45, 7) is 1.45. The molecule has 0 N–H and O–H groups in total. The lowest BCUT2D eigenvalue weighted by atomic mass is 9.87. The molecule has 0 aliphatic heterocycles. The molecule has 2 rings (SSSR count). The fourth-order valence-corrected chi connectivity index (χ4v) is 2.06. The van der Waals surface area contributed by atoms with Gasteiger partial charge in [-0.25, -0.2) is 4.39 Å². The molecule has 4 heteroatoms. The maximum atomic E-state index is 12.9. The molecule has 1 aromatic heterocycles. The number of pyridine rings is 1. The number of ketones is 2. The SMILES string of the molecule is CC(=O)CC(C(=O)c1ccc(F)cc1)c1ccncc1. The predicted octanol–water partition coefficient (Wildman–Crippen LogP) is 3.17. The summed E-state index contributed by atoms with van der Waals surface area (Å²) in [6.07, 6.45) is 3.29. The van der Waals surface area contributed by atoms with Crippen LogP contribution >= 0.6 is 0 Å². The Kier molecular flexibility index (Phi) is 4.35. The van der Waals surface area contributed by atoms with E-state index in [9.17, 15) is 14.0 Å². The molecule has 0 fully saturated rings. The molecule has 2 aromatic rings. The van der Waals surface area contributed by atoms with Gasteiger partial charge in [0.15, 0.2) is 5.78 Å². The number of carbonyl (C=O) groups is 2. The van der Waals surface area contributed by atoms with E-state index in [0.717, 1.165) is 5.56 Å². The lowest BCUT2D eigenvalue weighted by molar-refractivity contribution is -0.117. The van der Waals surface area contributed by atoms with Gasteiger partial charge in [0.05, 0.1) is 5.92 Å². The van der Waals surface area contributed by atoms with E-state index in [1.54, 1.807) is 24.5 Å². The molecule has 1 aromatic carbocycles. The summed E-state index contributed by atoms with van der Waals surface area (Å²) in [5.74, 6) is -1.21. The second kappa shape index (κ2) is 6.19. The number of halogens is 1. The van der Waals surface area contributed by atoms with E-state index in [0.29, 0.717) is 5.56 Å². The van der Waals surface area contributed by atoms with Crippen LogP contribution in [0.1, 0.15) is 35.2 Å². The van der Waals surface area contributed by atoms with Crippen molar-refractivity contribution in [1.82, 2.24) is 4.98 Å². The number of benzene rings is 1. The van der Waals surface area contributed by atoms with Crippen molar-refractivity contribution in [2.45, 2.75) is 19.3 Å². The van der Waals surface area contributed by atoms with Crippen LogP contribution in [0.15, 0.2) is 48.8 Å². The van der Waals surface area contributed by atoms with Gasteiger partial charge in [-0.3, -0.25) is 14.6 Å². The zero-order valence-corrected chi connectivity index (χ0v) is 11.0. The minimum absolute atomic E-state index is 0.0673. The minimum atomic E-state index is -0.555. The van der Waals surface area contributed by atoms with E-state index < -0.39 is 11.7 Å². The van der Waals surface area contributed by atoms with Gasteiger partial charge < -0.3 is 0 Å². The average Bonchev–Trinajstić information content (AvgIpc) is 2.45. The van der Waals surface area contributed by atoms with Gasteiger partial charge in [0, 0.05) is 24.4 Å². The van der Waals surface area contributed by atoms with Gasteiger partial charge in [0.1, 0.15) is 11.6 Å². The van der Waals surface area contributed by atoms with Gasteiger partial charge >= 0.3 is 0 Å². The Morgan fingerprint density at radius 2 is 1.70 bits per heavy atom. The molecule has 20 heavy (non-hydrogen) atoms. The monoisotopic (exact) mass is 271 g/mol. The van der Waals surface area contributed by atoms with Crippen molar-refractivity contribution < 1.29 is 14.0 Å². The fraction of sp³-hybridized carbons (Fsp3) is 0.188. The molecule has 0 saturated carbocycles. The number of rotatable bonds is 5. The summed E-state index contributed by atoms with van der Waals surface area (Å²) in [6, 6.07) is 8.79. The summed E-state index contributed by atoms with van der Waals surface area (Å²) < 4.78 is 12.9. The molecule has 3 nitrogen and oxygen atoms in total. The van der Waals surface area contributed by atoms with Gasteiger partial charge in [-0.05, 0) is 48.9 Å². The summed E-state index contributed by atoms with van der Waals surface area (Å²) >= 11 is 0. The number of nitrogens with zero attached hydrogens (tertiary/aromatic N) is 1. The number of aromatic nitrogens is 1. The third-order valence-electron chi connectivity index (χ3n) is 3.05. The Labute approximate surface area is 116 Å². The van der Waals surface area contributed by atoms with Crippen LogP contribution in [0.2, 0.25) is 0 Å². The van der Waals surface area contributed by atoms with E-state index >= 15 is 0 Å². The van der Waals surface area contributed by atoms with Gasteiger partial charge in [-0.1, -0.05) is 0 Å². The molecule has 0 saturated heterocycles. The number of Topliss-reactive ketones (excluding diaryl/α,β-unsaturated/α-hetero) is 2. The highest BCUT2D eigenvalue weighted by molar-refractivity contribution is 6.03. The number of hydrogen-bond acceptors (Lipinski definition) is 3. The topological polar surface area (TPSA) is 47.0 Å². The van der Waals surface area contributed by atoms with Crippen molar-refractivity contribution in [1.29, 1.82) is 0 Å². The van der Waals surface area contributed by atoms with Crippen molar-refractivity contribution in [2.75, 3.05) is 0 Å². The maximum Gasteiger partial charge on any atom is 0.170 e. The highest BCUT2D eigenvalue weighted by Crippen LogP contribution is 2.24. The smallest absolute Gasteiger partial charge is 0.170 e. The normalized spacial score (nSPS) is 11.9. The van der Waals surface area contributed by atoms with E-state index in [-0.39, 0.29) is 18.0 Å². The zero-order valence-electron chi connectivity index (χ0n) is 11.0. The highest BCUT2D eigenvalue weighted by Gasteiger charge is 2.23. The molecule has 1 heterocycles. The predicted molar refractivity (Wildman–Crippen MR) is 73.0 cm³/mol. The van der Waals surface area contributed by atoms with Crippen LogP contribution < -0.4 is 0 Å². The first-order chi connectivity index (χ1) is 9.58. The molecular weight excluding hydrogens is 257 g/mol. The lowest BCUT2D eigenvalue weighted by Gasteiger charge is -2.14. The van der Waals surface area contributed by atoms with Crippen LogP contribution in [0.5, 0.6) is 0 Å². The second-order valence-electron chi connectivity index (χ2n) is 4.61. The van der Waals surface area contributed by atoms with Crippen LogP contribution in [0.25, 0.3) is 0 Å². The van der Waals surface area contributed by atoms with Crippen LogP contribution in [0.4, 0.5) is 4.39 Å². The minimum Gasteiger partial charge on any atom is -0.300 e. The highest BCUT2D eigenvalue weighted by atomic mass is 19.1. The summed E-state index contributed by atoms with van der Waals surface area (Å²) in [5, 5.41) is 0. The van der Waals surface area contributed by atoms with Crippen LogP contribution in [-0.4, -0.2) is 16.6 Å². The molecule has 0 amide bonds. The maximum absolute atomic E-state index is 12.9. The van der Waals surface area contributed by atoms with E-state index in [4.69, 9.17) is 0 Å². The van der Waals surface area contributed by atoms with E-state index in [2.05, 4.69) is 4.98 Å². The zero-order chi connectivity index (χ0) is 14.5. The first kappa shape index (κ1) is 14.1. The summed E-state index contributed by atoms with van der Waals surface area (Å²) in [7, 11) is 0. The molecule has 102 valence electrons. The molecule has 0 spiro atoms. The standard InChI is InChI=1S/C16H14FNO2/c1-11(19)10-15(12-6-8-18-9-7-12)16(20)13-2-4-14(17)5-3-13/h2-9,15H,10H2,1H3. The Bertz CT molecular complexity index is 608. The molecule has 0 bridgehead atoms.